The molecule has 0 heterocycles. The Hall–Kier alpha value is -1.36. The van der Waals surface area contributed by atoms with Crippen molar-refractivity contribution in [2.45, 2.75) is 22.1 Å². The molecule has 5 heteroatoms. The molecule has 0 aliphatic heterocycles. The first-order valence-electron chi connectivity index (χ1n) is 6.32. The second kappa shape index (κ2) is 4.88. The van der Waals surface area contributed by atoms with Gasteiger partial charge in [-0.2, -0.15) is 0 Å². The van der Waals surface area contributed by atoms with E-state index < -0.39 is 15.1 Å². The molecule has 1 aliphatic rings. The number of hydrogen-bond donors (Lipinski definition) is 1. The predicted molar refractivity (Wildman–Crippen MR) is 79.6 cm³/mol. The van der Waals surface area contributed by atoms with Gasteiger partial charge in [-0.25, -0.2) is 8.42 Å². The second-order valence-corrected chi connectivity index (χ2v) is 7.52. The lowest BCUT2D eigenvalue weighted by Crippen LogP contribution is -2.15. The molecule has 1 fully saturated rings. The van der Waals surface area contributed by atoms with Gasteiger partial charge in [0, 0.05) is 17.0 Å². The van der Waals surface area contributed by atoms with Crippen LogP contribution in [0.2, 0.25) is 5.02 Å². The van der Waals surface area contributed by atoms with E-state index in [-0.39, 0.29) is 16.9 Å². The molecule has 0 unspecified atom stereocenters. The minimum Gasteiger partial charge on any atom is -0.326 e. The van der Waals surface area contributed by atoms with E-state index >= 15 is 0 Å². The number of rotatable bonds is 3. The van der Waals surface area contributed by atoms with Gasteiger partial charge in [0.1, 0.15) is 0 Å². The summed E-state index contributed by atoms with van der Waals surface area (Å²) in [5.74, 6) is -0.128. The van der Waals surface area contributed by atoms with Crippen LogP contribution in [0.5, 0.6) is 0 Å². The first kappa shape index (κ1) is 13.6. The second-order valence-electron chi connectivity index (χ2n) is 4.98. The molecule has 1 aliphatic carbocycles. The van der Waals surface area contributed by atoms with Gasteiger partial charge in [-0.15, -0.1) is 0 Å². The molecule has 20 heavy (non-hydrogen) atoms. The van der Waals surface area contributed by atoms with Crippen LogP contribution in [0.3, 0.4) is 0 Å². The average molecular weight is 308 g/mol. The first-order valence-corrected chi connectivity index (χ1v) is 8.24. The van der Waals surface area contributed by atoms with E-state index in [4.69, 9.17) is 17.3 Å². The van der Waals surface area contributed by atoms with Gasteiger partial charge in [0.15, 0.2) is 9.84 Å². The summed E-state index contributed by atoms with van der Waals surface area (Å²) in [4.78, 5) is 0.279. The number of benzene rings is 2. The molecule has 2 aromatic rings. The van der Waals surface area contributed by atoms with Gasteiger partial charge in [0.05, 0.1) is 10.1 Å². The molecule has 2 N–H and O–H groups in total. The first-order chi connectivity index (χ1) is 9.51. The van der Waals surface area contributed by atoms with Crippen molar-refractivity contribution in [2.24, 2.45) is 5.73 Å². The Kier molecular flexibility index (Phi) is 3.32. The summed E-state index contributed by atoms with van der Waals surface area (Å²) < 4.78 is 25.2. The highest BCUT2D eigenvalue weighted by molar-refractivity contribution is 7.92. The summed E-state index contributed by atoms with van der Waals surface area (Å²) >= 11 is 5.79. The van der Waals surface area contributed by atoms with E-state index in [2.05, 4.69) is 0 Å². The van der Waals surface area contributed by atoms with Crippen molar-refractivity contribution in [1.82, 2.24) is 0 Å². The molecule has 1 saturated carbocycles. The summed E-state index contributed by atoms with van der Waals surface area (Å²) in [5, 5.41) is -0.0327. The highest BCUT2D eigenvalue weighted by atomic mass is 35.5. The van der Waals surface area contributed by atoms with Crippen LogP contribution >= 0.6 is 11.6 Å². The monoisotopic (exact) mass is 307 g/mol. The lowest BCUT2D eigenvalue weighted by atomic mass is 10.1. The normalized spacial score (nSPS) is 25.4. The molecule has 2 aromatic carbocycles. The van der Waals surface area contributed by atoms with Crippen molar-refractivity contribution >= 4 is 21.4 Å². The number of halogens is 1. The maximum atomic E-state index is 12.6. The zero-order valence-corrected chi connectivity index (χ0v) is 12.2. The molecule has 3 nitrogen and oxygen atoms in total. The number of nitrogens with two attached hydrogens (primary N) is 1. The van der Waals surface area contributed by atoms with Gasteiger partial charge in [-0.3, -0.25) is 0 Å². The van der Waals surface area contributed by atoms with Crippen LogP contribution < -0.4 is 5.73 Å². The average Bonchev–Trinajstić information content (AvgIpc) is 3.13. The summed E-state index contributed by atoms with van der Waals surface area (Å²) in [6.45, 7) is 0. The van der Waals surface area contributed by atoms with E-state index in [0.29, 0.717) is 5.02 Å². The Balaban J connectivity index is 1.92. The van der Waals surface area contributed by atoms with Crippen molar-refractivity contribution < 1.29 is 8.42 Å². The number of sulfone groups is 1. The lowest BCUT2D eigenvalue weighted by molar-refractivity contribution is 0.593. The standard InChI is InChI=1S/C15H14ClNO2S/c16-11-6-8-12(9-7-11)20(18,19)15-13(14(15)17)10-4-2-1-3-5-10/h1-9,13-15H,17H2/t13-,14+,15+/m0/s1. The third-order valence-electron chi connectivity index (χ3n) is 3.69. The molecule has 0 spiro atoms. The van der Waals surface area contributed by atoms with Gasteiger partial charge in [-0.05, 0) is 29.8 Å². The smallest absolute Gasteiger partial charge is 0.183 e. The highest BCUT2D eigenvalue weighted by Crippen LogP contribution is 2.46. The largest absolute Gasteiger partial charge is 0.326 e. The van der Waals surface area contributed by atoms with E-state index in [0.717, 1.165) is 5.56 Å². The van der Waals surface area contributed by atoms with Crippen LogP contribution in [-0.4, -0.2) is 19.7 Å². The molecule has 0 bridgehead atoms. The minimum atomic E-state index is -3.41. The van der Waals surface area contributed by atoms with E-state index in [1.807, 2.05) is 30.3 Å². The maximum Gasteiger partial charge on any atom is 0.183 e. The Morgan fingerprint density at radius 2 is 1.55 bits per heavy atom. The zero-order valence-electron chi connectivity index (χ0n) is 10.6. The van der Waals surface area contributed by atoms with Crippen molar-refractivity contribution in [3.05, 3.63) is 65.2 Å². The molecular weight excluding hydrogens is 294 g/mol. The van der Waals surface area contributed by atoms with Crippen molar-refractivity contribution in [3.8, 4) is 0 Å². The summed E-state index contributed by atoms with van der Waals surface area (Å²) in [6.07, 6.45) is 0. The lowest BCUT2D eigenvalue weighted by Gasteiger charge is -2.04. The molecule has 104 valence electrons. The van der Waals surface area contributed by atoms with Crippen molar-refractivity contribution in [3.63, 3.8) is 0 Å². The van der Waals surface area contributed by atoms with Crippen LogP contribution in [0.15, 0.2) is 59.5 Å². The zero-order chi connectivity index (χ0) is 14.3. The quantitative estimate of drug-likeness (QED) is 0.948. The minimum absolute atomic E-state index is 0.128. The molecular formula is C15H14ClNO2S. The Morgan fingerprint density at radius 1 is 0.950 bits per heavy atom. The van der Waals surface area contributed by atoms with Crippen LogP contribution in [0, 0.1) is 0 Å². The summed E-state index contributed by atoms with van der Waals surface area (Å²) in [6, 6.07) is 15.4. The fraction of sp³-hybridized carbons (Fsp3) is 0.200. The highest BCUT2D eigenvalue weighted by Gasteiger charge is 2.56. The van der Waals surface area contributed by atoms with E-state index in [1.54, 1.807) is 12.1 Å². The maximum absolute atomic E-state index is 12.6. The van der Waals surface area contributed by atoms with Gasteiger partial charge >= 0.3 is 0 Å². The molecule has 0 saturated heterocycles. The van der Waals surface area contributed by atoms with E-state index in [1.165, 1.54) is 12.1 Å². The number of hydrogen-bond acceptors (Lipinski definition) is 3. The topological polar surface area (TPSA) is 60.2 Å². The Morgan fingerprint density at radius 3 is 2.15 bits per heavy atom. The SMILES string of the molecule is N[C@@H]1[C@H](c2ccccc2)[C@H]1S(=O)(=O)c1ccc(Cl)cc1. The third kappa shape index (κ3) is 2.24. The fourth-order valence-corrected chi connectivity index (χ4v) is 4.75. The molecule has 3 atom stereocenters. The predicted octanol–water partition coefficient (Wildman–Crippen LogP) is 2.61. The molecule has 0 radical (unpaired) electrons. The molecule has 0 aromatic heterocycles. The Labute approximate surface area is 123 Å². The Bertz CT molecular complexity index is 713. The van der Waals surface area contributed by atoms with Crippen LogP contribution in [0.1, 0.15) is 11.5 Å². The summed E-state index contributed by atoms with van der Waals surface area (Å²) in [7, 11) is -3.41. The van der Waals surface area contributed by atoms with Gasteiger partial charge < -0.3 is 5.73 Å². The van der Waals surface area contributed by atoms with Gasteiger partial charge in [0.2, 0.25) is 0 Å². The van der Waals surface area contributed by atoms with Crippen LogP contribution in [0.25, 0.3) is 0 Å². The van der Waals surface area contributed by atoms with Gasteiger partial charge in [0.25, 0.3) is 0 Å². The van der Waals surface area contributed by atoms with Crippen molar-refractivity contribution in [1.29, 1.82) is 0 Å². The molecule has 3 rings (SSSR count). The van der Waals surface area contributed by atoms with Gasteiger partial charge in [-0.1, -0.05) is 41.9 Å². The van der Waals surface area contributed by atoms with E-state index in [9.17, 15) is 8.42 Å². The van der Waals surface area contributed by atoms with Crippen LogP contribution in [-0.2, 0) is 9.84 Å². The third-order valence-corrected chi connectivity index (χ3v) is 6.20. The summed E-state index contributed by atoms with van der Waals surface area (Å²) in [5.41, 5.74) is 6.97. The molecule has 0 amide bonds. The fourth-order valence-electron chi connectivity index (χ4n) is 2.57. The van der Waals surface area contributed by atoms with Crippen LogP contribution in [0.4, 0.5) is 0 Å². The van der Waals surface area contributed by atoms with Crippen molar-refractivity contribution in [2.75, 3.05) is 0 Å².